The maximum absolute atomic E-state index is 11.9. The number of nitrogen functional groups attached to an aromatic ring is 1. The predicted molar refractivity (Wildman–Crippen MR) is 77.7 cm³/mol. The third-order valence-corrected chi connectivity index (χ3v) is 2.70. The van der Waals surface area contributed by atoms with Crippen LogP contribution in [0.15, 0.2) is 18.2 Å². The summed E-state index contributed by atoms with van der Waals surface area (Å²) in [5.41, 5.74) is 6.58. The van der Waals surface area contributed by atoms with Crippen LogP contribution in [0.1, 0.15) is 30.1 Å². The highest BCUT2D eigenvalue weighted by Crippen LogP contribution is 2.21. The number of rotatable bonds is 7. The minimum absolute atomic E-state index is 0.0682. The van der Waals surface area contributed by atoms with Gasteiger partial charge in [0.1, 0.15) is 5.75 Å². The van der Waals surface area contributed by atoms with Crippen LogP contribution in [-0.2, 0) is 4.79 Å². The highest BCUT2D eigenvalue weighted by molar-refractivity contribution is 5.95. The summed E-state index contributed by atoms with van der Waals surface area (Å²) in [5.74, 6) is 0.199. The summed E-state index contributed by atoms with van der Waals surface area (Å²) in [6, 6.07) is 4.81. The average Bonchev–Trinajstić information content (AvgIpc) is 2.44. The Bertz CT molecular complexity index is 475. The van der Waals surface area contributed by atoms with Gasteiger partial charge in [0.25, 0.3) is 5.91 Å². The molecule has 1 aromatic rings. The van der Waals surface area contributed by atoms with Crippen molar-refractivity contribution >= 4 is 17.5 Å². The van der Waals surface area contributed by atoms with Crippen LogP contribution in [0.25, 0.3) is 0 Å². The van der Waals surface area contributed by atoms with Gasteiger partial charge >= 0.3 is 0 Å². The number of hydrogen-bond donors (Lipinski definition) is 3. The Hall–Kier alpha value is -2.24. The van der Waals surface area contributed by atoms with E-state index in [1.54, 1.807) is 18.2 Å². The zero-order valence-corrected chi connectivity index (χ0v) is 11.9. The molecule has 1 rings (SSSR count). The van der Waals surface area contributed by atoms with Crippen molar-refractivity contribution in [3.05, 3.63) is 23.8 Å². The minimum atomic E-state index is -0.261. The maximum Gasteiger partial charge on any atom is 0.251 e. The Morgan fingerprint density at radius 1 is 1.25 bits per heavy atom. The van der Waals surface area contributed by atoms with E-state index in [9.17, 15) is 9.59 Å². The summed E-state index contributed by atoms with van der Waals surface area (Å²) in [6.45, 7) is 2.93. The first-order valence-electron chi connectivity index (χ1n) is 6.57. The molecule has 2 amide bonds. The standard InChI is InChI=1S/C14H21N3O3/c1-3-7-16-13(18)6-8-17-14(19)10-4-5-12(20-2)11(15)9-10/h4-5,9H,3,6-8,15H2,1-2H3,(H,16,18)(H,17,19). The number of nitrogens with one attached hydrogen (secondary N) is 2. The van der Waals surface area contributed by atoms with E-state index in [0.29, 0.717) is 30.1 Å². The van der Waals surface area contributed by atoms with E-state index in [0.717, 1.165) is 6.42 Å². The molecular weight excluding hydrogens is 258 g/mol. The fourth-order valence-corrected chi connectivity index (χ4v) is 1.62. The normalized spacial score (nSPS) is 9.90. The van der Waals surface area contributed by atoms with Crippen LogP contribution < -0.4 is 21.1 Å². The molecule has 110 valence electrons. The molecule has 0 radical (unpaired) electrons. The lowest BCUT2D eigenvalue weighted by Gasteiger charge is -2.08. The maximum atomic E-state index is 11.9. The number of amides is 2. The second kappa shape index (κ2) is 8.04. The molecule has 20 heavy (non-hydrogen) atoms. The quantitative estimate of drug-likeness (QED) is 0.647. The number of carbonyl (C=O) groups excluding carboxylic acids is 2. The zero-order valence-electron chi connectivity index (χ0n) is 11.9. The fourth-order valence-electron chi connectivity index (χ4n) is 1.62. The van der Waals surface area contributed by atoms with Gasteiger partial charge in [-0.05, 0) is 24.6 Å². The number of hydrogen-bond acceptors (Lipinski definition) is 4. The summed E-state index contributed by atoms with van der Waals surface area (Å²) in [4.78, 5) is 23.2. The summed E-state index contributed by atoms with van der Waals surface area (Å²) < 4.78 is 5.02. The number of methoxy groups -OCH3 is 1. The average molecular weight is 279 g/mol. The summed E-state index contributed by atoms with van der Waals surface area (Å²) in [6.07, 6.45) is 1.15. The van der Waals surface area contributed by atoms with Crippen LogP contribution in [0, 0.1) is 0 Å². The molecule has 0 fully saturated rings. The van der Waals surface area contributed by atoms with Gasteiger partial charge in [-0.25, -0.2) is 0 Å². The van der Waals surface area contributed by atoms with Gasteiger partial charge in [-0.2, -0.15) is 0 Å². The molecule has 0 heterocycles. The van der Waals surface area contributed by atoms with Gasteiger partial charge < -0.3 is 21.1 Å². The molecular formula is C14H21N3O3. The van der Waals surface area contributed by atoms with Crippen molar-refractivity contribution in [2.75, 3.05) is 25.9 Å². The fraction of sp³-hybridized carbons (Fsp3) is 0.429. The molecule has 4 N–H and O–H groups in total. The van der Waals surface area contributed by atoms with Gasteiger partial charge in [-0.15, -0.1) is 0 Å². The van der Waals surface area contributed by atoms with Crippen LogP contribution in [-0.4, -0.2) is 32.0 Å². The van der Waals surface area contributed by atoms with Crippen molar-refractivity contribution < 1.29 is 14.3 Å². The first kappa shape index (κ1) is 15.8. The molecule has 6 nitrogen and oxygen atoms in total. The van der Waals surface area contributed by atoms with E-state index in [1.807, 2.05) is 6.92 Å². The number of carbonyl (C=O) groups is 2. The molecule has 0 bridgehead atoms. The smallest absolute Gasteiger partial charge is 0.251 e. The Kier molecular flexibility index (Phi) is 6.36. The highest BCUT2D eigenvalue weighted by atomic mass is 16.5. The van der Waals surface area contributed by atoms with Gasteiger partial charge in [0.2, 0.25) is 5.91 Å². The predicted octanol–water partition coefficient (Wildman–Crippen LogP) is 0.923. The molecule has 0 atom stereocenters. The first-order chi connectivity index (χ1) is 9.58. The van der Waals surface area contributed by atoms with Crippen LogP contribution >= 0.6 is 0 Å². The molecule has 6 heteroatoms. The molecule has 0 aromatic heterocycles. The molecule has 0 unspecified atom stereocenters. The van der Waals surface area contributed by atoms with Crippen LogP contribution in [0.2, 0.25) is 0 Å². The zero-order chi connectivity index (χ0) is 15.0. The Morgan fingerprint density at radius 2 is 2.00 bits per heavy atom. The van der Waals surface area contributed by atoms with E-state index < -0.39 is 0 Å². The van der Waals surface area contributed by atoms with Gasteiger partial charge in [0, 0.05) is 25.1 Å². The highest BCUT2D eigenvalue weighted by Gasteiger charge is 2.08. The lowest BCUT2D eigenvalue weighted by molar-refractivity contribution is -0.120. The number of anilines is 1. The van der Waals surface area contributed by atoms with Crippen LogP contribution in [0.3, 0.4) is 0 Å². The molecule has 0 aliphatic carbocycles. The van der Waals surface area contributed by atoms with E-state index in [-0.39, 0.29) is 18.2 Å². The van der Waals surface area contributed by atoms with Crippen molar-refractivity contribution in [3.63, 3.8) is 0 Å². The molecule has 0 aliphatic rings. The SMILES string of the molecule is CCCNC(=O)CCNC(=O)c1ccc(OC)c(N)c1. The molecule has 1 aromatic carbocycles. The third kappa shape index (κ3) is 4.79. The minimum Gasteiger partial charge on any atom is -0.495 e. The van der Waals surface area contributed by atoms with Gasteiger partial charge in [-0.1, -0.05) is 6.92 Å². The van der Waals surface area contributed by atoms with Gasteiger partial charge in [0.15, 0.2) is 0 Å². The second-order valence-electron chi connectivity index (χ2n) is 4.31. The number of benzene rings is 1. The Balaban J connectivity index is 2.43. The van der Waals surface area contributed by atoms with Crippen LogP contribution in [0.5, 0.6) is 5.75 Å². The summed E-state index contributed by atoms with van der Waals surface area (Å²) in [7, 11) is 1.51. The van der Waals surface area contributed by atoms with Crippen molar-refractivity contribution in [2.45, 2.75) is 19.8 Å². The number of ether oxygens (including phenoxy) is 1. The van der Waals surface area contributed by atoms with E-state index in [2.05, 4.69) is 10.6 Å². The van der Waals surface area contributed by atoms with E-state index in [4.69, 9.17) is 10.5 Å². The Morgan fingerprint density at radius 3 is 2.60 bits per heavy atom. The van der Waals surface area contributed by atoms with Crippen molar-refractivity contribution in [1.29, 1.82) is 0 Å². The Labute approximate surface area is 118 Å². The van der Waals surface area contributed by atoms with E-state index >= 15 is 0 Å². The van der Waals surface area contributed by atoms with Crippen molar-refractivity contribution in [2.24, 2.45) is 0 Å². The first-order valence-corrected chi connectivity index (χ1v) is 6.57. The summed E-state index contributed by atoms with van der Waals surface area (Å²) in [5, 5.41) is 5.42. The lowest BCUT2D eigenvalue weighted by Crippen LogP contribution is -2.31. The number of nitrogens with two attached hydrogens (primary N) is 1. The van der Waals surface area contributed by atoms with E-state index in [1.165, 1.54) is 7.11 Å². The third-order valence-electron chi connectivity index (χ3n) is 2.70. The monoisotopic (exact) mass is 279 g/mol. The molecule has 0 saturated carbocycles. The van der Waals surface area contributed by atoms with Crippen molar-refractivity contribution in [3.8, 4) is 5.75 Å². The van der Waals surface area contributed by atoms with Crippen molar-refractivity contribution in [1.82, 2.24) is 10.6 Å². The van der Waals surface area contributed by atoms with Crippen LogP contribution in [0.4, 0.5) is 5.69 Å². The van der Waals surface area contributed by atoms with Gasteiger partial charge in [-0.3, -0.25) is 9.59 Å². The molecule has 0 spiro atoms. The largest absolute Gasteiger partial charge is 0.495 e. The second-order valence-corrected chi connectivity index (χ2v) is 4.31. The summed E-state index contributed by atoms with van der Waals surface area (Å²) >= 11 is 0. The van der Waals surface area contributed by atoms with Gasteiger partial charge in [0.05, 0.1) is 12.8 Å². The molecule has 0 aliphatic heterocycles. The molecule has 0 saturated heterocycles. The topological polar surface area (TPSA) is 93.5 Å². The lowest BCUT2D eigenvalue weighted by atomic mass is 10.1.